The van der Waals surface area contributed by atoms with E-state index in [2.05, 4.69) is 40.7 Å². The van der Waals surface area contributed by atoms with Crippen LogP contribution in [-0.2, 0) is 4.74 Å². The van der Waals surface area contributed by atoms with Crippen molar-refractivity contribution in [3.63, 3.8) is 0 Å². The first kappa shape index (κ1) is 18.5. The minimum absolute atomic E-state index is 0.196. The van der Waals surface area contributed by atoms with Gasteiger partial charge in [-0.3, -0.25) is 4.98 Å². The predicted molar refractivity (Wildman–Crippen MR) is 106 cm³/mol. The molecule has 5 heteroatoms. The zero-order chi connectivity index (χ0) is 18.7. The van der Waals surface area contributed by atoms with Crippen LogP contribution < -0.4 is 10.6 Å². The average Bonchev–Trinajstić information content (AvgIpc) is 2.55. The van der Waals surface area contributed by atoms with E-state index < -0.39 is 5.60 Å². The number of carbonyl (C=O) groups is 1. The average molecular weight is 355 g/mol. The summed E-state index contributed by atoms with van der Waals surface area (Å²) in [7, 11) is 0. The van der Waals surface area contributed by atoms with Crippen molar-refractivity contribution in [3.05, 3.63) is 36.2 Å². The Balaban J connectivity index is 1.57. The van der Waals surface area contributed by atoms with E-state index in [1.165, 1.54) is 16.6 Å². The van der Waals surface area contributed by atoms with E-state index in [1.54, 1.807) is 0 Å². The molecule has 0 radical (unpaired) electrons. The highest BCUT2D eigenvalue weighted by molar-refractivity contribution is 5.95. The first-order valence-electron chi connectivity index (χ1n) is 9.41. The third-order valence-electron chi connectivity index (χ3n) is 4.78. The Hall–Kier alpha value is -2.30. The largest absolute Gasteiger partial charge is 0.444 e. The van der Waals surface area contributed by atoms with Gasteiger partial charge in [-0.2, -0.15) is 0 Å². The van der Waals surface area contributed by atoms with E-state index in [1.807, 2.05) is 33.2 Å². The lowest BCUT2D eigenvalue weighted by Crippen LogP contribution is -2.42. The molecule has 1 heterocycles. The first-order valence-corrected chi connectivity index (χ1v) is 9.41. The fourth-order valence-corrected chi connectivity index (χ4v) is 3.61. The van der Waals surface area contributed by atoms with Crippen molar-refractivity contribution < 1.29 is 9.53 Å². The van der Waals surface area contributed by atoms with Crippen LogP contribution in [0.1, 0.15) is 52.0 Å². The molecule has 140 valence electrons. The summed E-state index contributed by atoms with van der Waals surface area (Å²) in [6.07, 6.45) is 7.49. The number of rotatable bonds is 3. The molecular weight excluding hydrogens is 326 g/mol. The zero-order valence-corrected chi connectivity index (χ0v) is 16.1. The van der Waals surface area contributed by atoms with Gasteiger partial charge in [-0.15, -0.1) is 0 Å². The van der Waals surface area contributed by atoms with Crippen molar-refractivity contribution in [2.45, 2.75) is 71.1 Å². The number of carbonyl (C=O) groups excluding carboxylic acids is 1. The summed E-state index contributed by atoms with van der Waals surface area (Å²) >= 11 is 0. The van der Waals surface area contributed by atoms with E-state index in [-0.39, 0.29) is 12.1 Å². The van der Waals surface area contributed by atoms with E-state index in [0.717, 1.165) is 31.1 Å². The Bertz CT molecular complexity index is 769. The molecule has 2 N–H and O–H groups in total. The van der Waals surface area contributed by atoms with Crippen LogP contribution in [0, 0.1) is 6.92 Å². The summed E-state index contributed by atoms with van der Waals surface area (Å²) in [6, 6.07) is 6.93. The molecule has 1 saturated carbocycles. The quantitative estimate of drug-likeness (QED) is 0.831. The van der Waals surface area contributed by atoms with Crippen LogP contribution in [0.25, 0.3) is 10.8 Å². The normalized spacial score (nSPS) is 20.6. The lowest BCUT2D eigenvalue weighted by atomic mass is 9.91. The molecule has 0 bridgehead atoms. The molecule has 1 aliphatic rings. The van der Waals surface area contributed by atoms with Gasteiger partial charge in [-0.1, -0.05) is 12.1 Å². The van der Waals surface area contributed by atoms with Crippen LogP contribution in [0.15, 0.2) is 30.6 Å². The maximum Gasteiger partial charge on any atom is 0.407 e. The fraction of sp³-hybridized carbons (Fsp3) is 0.524. The molecular formula is C21H29N3O2. The van der Waals surface area contributed by atoms with Crippen molar-refractivity contribution in [2.24, 2.45) is 0 Å². The van der Waals surface area contributed by atoms with Gasteiger partial charge in [0.2, 0.25) is 0 Å². The number of hydrogen-bond acceptors (Lipinski definition) is 4. The van der Waals surface area contributed by atoms with Gasteiger partial charge >= 0.3 is 6.09 Å². The van der Waals surface area contributed by atoms with Gasteiger partial charge in [0.25, 0.3) is 0 Å². The molecule has 0 aliphatic heterocycles. The second-order valence-electron chi connectivity index (χ2n) is 8.20. The number of fused-ring (bicyclic) bond motifs is 1. The standard InChI is InChI=1S/C21H29N3O2/c1-14-12-22-13-15-6-5-7-18(19(14)15)23-16-8-10-17(11-9-16)24-20(25)26-21(2,3)4/h5-7,12-13,16-17,23H,8-11H2,1-4H3,(H,24,25). The molecule has 0 unspecified atom stereocenters. The van der Waals surface area contributed by atoms with Gasteiger partial charge in [0.05, 0.1) is 0 Å². The maximum atomic E-state index is 11.9. The van der Waals surface area contributed by atoms with Crippen LogP contribution >= 0.6 is 0 Å². The molecule has 1 fully saturated rings. The summed E-state index contributed by atoms with van der Waals surface area (Å²) < 4.78 is 5.35. The van der Waals surface area contributed by atoms with Crippen LogP contribution in [0.3, 0.4) is 0 Å². The van der Waals surface area contributed by atoms with Gasteiger partial charge in [0, 0.05) is 40.9 Å². The molecule has 0 saturated heterocycles. The number of hydrogen-bond donors (Lipinski definition) is 2. The topological polar surface area (TPSA) is 63.2 Å². The van der Waals surface area contributed by atoms with Crippen molar-refractivity contribution in [1.82, 2.24) is 10.3 Å². The highest BCUT2D eigenvalue weighted by Crippen LogP contribution is 2.29. The minimum Gasteiger partial charge on any atom is -0.444 e. The molecule has 0 spiro atoms. The number of aryl methyl sites for hydroxylation is 1. The highest BCUT2D eigenvalue weighted by Gasteiger charge is 2.25. The lowest BCUT2D eigenvalue weighted by molar-refractivity contribution is 0.0492. The SMILES string of the molecule is Cc1cncc2cccc(NC3CCC(NC(=O)OC(C)(C)C)CC3)c12. The number of anilines is 1. The monoisotopic (exact) mass is 355 g/mol. The molecule has 3 rings (SSSR count). The van der Waals surface area contributed by atoms with Crippen molar-refractivity contribution in [3.8, 4) is 0 Å². The highest BCUT2D eigenvalue weighted by atomic mass is 16.6. The Morgan fingerprint density at radius 3 is 2.50 bits per heavy atom. The minimum atomic E-state index is -0.454. The van der Waals surface area contributed by atoms with Crippen LogP contribution in [0.2, 0.25) is 0 Å². The van der Waals surface area contributed by atoms with Gasteiger partial charge < -0.3 is 15.4 Å². The van der Waals surface area contributed by atoms with Crippen LogP contribution in [0.4, 0.5) is 10.5 Å². The van der Waals surface area contributed by atoms with E-state index in [4.69, 9.17) is 4.74 Å². The molecule has 1 aliphatic carbocycles. The Kier molecular flexibility index (Phi) is 5.35. The summed E-state index contributed by atoms with van der Waals surface area (Å²) in [6.45, 7) is 7.75. The molecule has 26 heavy (non-hydrogen) atoms. The smallest absolute Gasteiger partial charge is 0.407 e. The molecule has 2 aromatic rings. The maximum absolute atomic E-state index is 11.9. The molecule has 5 nitrogen and oxygen atoms in total. The number of nitrogens with zero attached hydrogens (tertiary/aromatic N) is 1. The van der Waals surface area contributed by atoms with Gasteiger partial charge in [-0.05, 0) is 65.0 Å². The summed E-state index contributed by atoms with van der Waals surface area (Å²) in [4.78, 5) is 16.2. The van der Waals surface area contributed by atoms with E-state index >= 15 is 0 Å². The Morgan fingerprint density at radius 2 is 1.81 bits per heavy atom. The number of amides is 1. The van der Waals surface area contributed by atoms with Crippen LogP contribution in [-0.4, -0.2) is 28.8 Å². The van der Waals surface area contributed by atoms with E-state index in [0.29, 0.717) is 6.04 Å². The van der Waals surface area contributed by atoms with Crippen molar-refractivity contribution in [2.75, 3.05) is 5.32 Å². The second kappa shape index (κ2) is 7.52. The number of ether oxygens (including phenoxy) is 1. The predicted octanol–water partition coefficient (Wildman–Crippen LogP) is 4.79. The lowest BCUT2D eigenvalue weighted by Gasteiger charge is -2.31. The number of nitrogens with one attached hydrogen (secondary N) is 2. The van der Waals surface area contributed by atoms with Gasteiger partial charge in [0.1, 0.15) is 5.60 Å². The van der Waals surface area contributed by atoms with Crippen LogP contribution in [0.5, 0.6) is 0 Å². The number of pyridine rings is 1. The fourth-order valence-electron chi connectivity index (χ4n) is 3.61. The Morgan fingerprint density at radius 1 is 1.12 bits per heavy atom. The number of aromatic nitrogens is 1. The van der Waals surface area contributed by atoms with E-state index in [9.17, 15) is 4.79 Å². The first-order chi connectivity index (χ1) is 12.3. The van der Waals surface area contributed by atoms with Gasteiger partial charge in [0.15, 0.2) is 0 Å². The third kappa shape index (κ3) is 4.65. The summed E-state index contributed by atoms with van der Waals surface area (Å²) in [5.74, 6) is 0. The van der Waals surface area contributed by atoms with Crippen molar-refractivity contribution >= 4 is 22.6 Å². The Labute approximate surface area is 155 Å². The van der Waals surface area contributed by atoms with Crippen molar-refractivity contribution in [1.29, 1.82) is 0 Å². The number of benzene rings is 1. The second-order valence-corrected chi connectivity index (χ2v) is 8.20. The summed E-state index contributed by atoms with van der Waals surface area (Å²) in [5.41, 5.74) is 1.90. The molecule has 1 aromatic heterocycles. The molecule has 0 atom stereocenters. The number of alkyl carbamates (subject to hydrolysis) is 1. The third-order valence-corrected chi connectivity index (χ3v) is 4.78. The zero-order valence-electron chi connectivity index (χ0n) is 16.1. The van der Waals surface area contributed by atoms with Gasteiger partial charge in [-0.25, -0.2) is 4.79 Å². The molecule has 1 aromatic carbocycles. The molecule has 1 amide bonds. The summed E-state index contributed by atoms with van der Waals surface area (Å²) in [5, 5.41) is 9.12.